The second-order valence-electron chi connectivity index (χ2n) is 6.47. The van der Waals surface area contributed by atoms with Crippen LogP contribution >= 0.6 is 11.8 Å². The van der Waals surface area contributed by atoms with Crippen LogP contribution in [-0.4, -0.2) is 42.6 Å². The summed E-state index contributed by atoms with van der Waals surface area (Å²) in [7, 11) is -3.41. The summed E-state index contributed by atoms with van der Waals surface area (Å²) in [6.07, 6.45) is 4.43. The van der Waals surface area contributed by atoms with Gasteiger partial charge in [0.2, 0.25) is 10.0 Å². The molecule has 0 bridgehead atoms. The van der Waals surface area contributed by atoms with Gasteiger partial charge in [0, 0.05) is 36.0 Å². The van der Waals surface area contributed by atoms with Crippen molar-refractivity contribution in [2.24, 2.45) is 0 Å². The maximum atomic E-state index is 12.6. The highest BCUT2D eigenvalue weighted by Gasteiger charge is 2.26. The van der Waals surface area contributed by atoms with Crippen LogP contribution in [0.25, 0.3) is 0 Å². The molecule has 1 aromatic heterocycles. The summed E-state index contributed by atoms with van der Waals surface area (Å²) in [4.78, 5) is 5.80. The standard InChI is InChI=1S/C19H25N3O2S2/c1-16(25-17-8-4-2-5-9-17)14-20-19-11-10-18(15-21-19)26(23,24)22-12-6-3-7-13-22/h2,4-5,8-11,15-16H,3,6-7,12-14H2,1H3,(H,20,21). The number of thioether (sulfide) groups is 1. The van der Waals surface area contributed by atoms with Gasteiger partial charge in [-0.2, -0.15) is 4.31 Å². The lowest BCUT2D eigenvalue weighted by Gasteiger charge is -2.25. The monoisotopic (exact) mass is 391 g/mol. The predicted octanol–water partition coefficient (Wildman–Crippen LogP) is 3.85. The molecule has 0 amide bonds. The molecule has 1 fully saturated rings. The van der Waals surface area contributed by atoms with E-state index in [4.69, 9.17) is 0 Å². The number of nitrogens with one attached hydrogen (secondary N) is 1. The third-order valence-electron chi connectivity index (χ3n) is 4.34. The molecule has 26 heavy (non-hydrogen) atoms. The lowest BCUT2D eigenvalue weighted by molar-refractivity contribution is 0.346. The number of pyridine rings is 1. The molecule has 2 heterocycles. The van der Waals surface area contributed by atoms with Gasteiger partial charge in [-0.05, 0) is 37.1 Å². The van der Waals surface area contributed by atoms with Crippen LogP contribution in [0.1, 0.15) is 26.2 Å². The van der Waals surface area contributed by atoms with Gasteiger partial charge in [0.15, 0.2) is 0 Å². The minimum Gasteiger partial charge on any atom is -0.369 e. The van der Waals surface area contributed by atoms with Crippen molar-refractivity contribution in [1.29, 1.82) is 0 Å². The van der Waals surface area contributed by atoms with Crippen molar-refractivity contribution < 1.29 is 8.42 Å². The normalized spacial score (nSPS) is 17.0. The molecule has 1 N–H and O–H groups in total. The van der Waals surface area contributed by atoms with E-state index in [2.05, 4.69) is 29.4 Å². The molecule has 0 radical (unpaired) electrons. The van der Waals surface area contributed by atoms with Gasteiger partial charge in [-0.25, -0.2) is 13.4 Å². The second kappa shape index (κ2) is 8.88. The third-order valence-corrected chi connectivity index (χ3v) is 7.34. The molecular weight excluding hydrogens is 366 g/mol. The minimum atomic E-state index is -3.41. The van der Waals surface area contributed by atoms with Crippen LogP contribution in [0.2, 0.25) is 0 Å². The number of aromatic nitrogens is 1. The Morgan fingerprint density at radius 3 is 2.50 bits per heavy atom. The third kappa shape index (κ3) is 4.99. The van der Waals surface area contributed by atoms with E-state index in [0.717, 1.165) is 25.8 Å². The fourth-order valence-corrected chi connectivity index (χ4v) is 5.32. The predicted molar refractivity (Wildman–Crippen MR) is 107 cm³/mol. The first-order valence-corrected chi connectivity index (χ1v) is 11.3. The zero-order valence-corrected chi connectivity index (χ0v) is 16.6. The first kappa shape index (κ1) is 19.2. The van der Waals surface area contributed by atoms with E-state index in [-0.39, 0.29) is 4.90 Å². The quantitative estimate of drug-likeness (QED) is 0.727. The van der Waals surface area contributed by atoms with Gasteiger partial charge in [-0.1, -0.05) is 31.5 Å². The molecule has 2 aromatic rings. The van der Waals surface area contributed by atoms with E-state index in [0.29, 0.717) is 24.2 Å². The Balaban J connectivity index is 1.55. The maximum Gasteiger partial charge on any atom is 0.244 e. The average molecular weight is 392 g/mol. The molecule has 5 nitrogen and oxygen atoms in total. The molecule has 1 aliphatic heterocycles. The molecule has 1 aliphatic rings. The molecule has 0 saturated carbocycles. The van der Waals surface area contributed by atoms with E-state index in [1.54, 1.807) is 28.2 Å². The first-order valence-electron chi connectivity index (χ1n) is 8.97. The van der Waals surface area contributed by atoms with Crippen molar-refractivity contribution in [2.75, 3.05) is 25.0 Å². The Morgan fingerprint density at radius 1 is 1.12 bits per heavy atom. The zero-order chi connectivity index (χ0) is 18.4. The fourth-order valence-electron chi connectivity index (χ4n) is 2.91. The summed E-state index contributed by atoms with van der Waals surface area (Å²) in [6, 6.07) is 13.7. The van der Waals surface area contributed by atoms with E-state index < -0.39 is 10.0 Å². The van der Waals surface area contributed by atoms with Crippen LogP contribution in [0, 0.1) is 0 Å². The van der Waals surface area contributed by atoms with E-state index in [9.17, 15) is 8.42 Å². The van der Waals surface area contributed by atoms with Gasteiger partial charge in [-0.15, -0.1) is 11.8 Å². The van der Waals surface area contributed by atoms with Crippen LogP contribution in [0.3, 0.4) is 0 Å². The summed E-state index contributed by atoms with van der Waals surface area (Å²) in [5.41, 5.74) is 0. The summed E-state index contributed by atoms with van der Waals surface area (Å²) in [5.74, 6) is 0.697. The Hall–Kier alpha value is -1.57. The van der Waals surface area contributed by atoms with Crippen molar-refractivity contribution >= 4 is 27.6 Å². The molecule has 1 unspecified atom stereocenters. The van der Waals surface area contributed by atoms with Crippen LogP contribution < -0.4 is 5.32 Å². The Morgan fingerprint density at radius 2 is 1.85 bits per heavy atom. The molecule has 1 aromatic carbocycles. The summed E-state index contributed by atoms with van der Waals surface area (Å²) in [5, 5.41) is 3.65. The van der Waals surface area contributed by atoms with E-state index >= 15 is 0 Å². The van der Waals surface area contributed by atoms with Crippen LogP contribution in [0.4, 0.5) is 5.82 Å². The highest BCUT2D eigenvalue weighted by Crippen LogP contribution is 2.23. The fraction of sp³-hybridized carbons (Fsp3) is 0.421. The second-order valence-corrected chi connectivity index (χ2v) is 9.92. The molecule has 1 saturated heterocycles. The highest BCUT2D eigenvalue weighted by atomic mass is 32.2. The number of rotatable bonds is 7. The minimum absolute atomic E-state index is 0.275. The van der Waals surface area contributed by atoms with Gasteiger partial charge >= 0.3 is 0 Å². The number of sulfonamides is 1. The summed E-state index contributed by atoms with van der Waals surface area (Å²) in [6.45, 7) is 4.12. The van der Waals surface area contributed by atoms with Gasteiger partial charge in [0.05, 0.1) is 0 Å². The van der Waals surface area contributed by atoms with Gasteiger partial charge in [0.25, 0.3) is 0 Å². The molecule has 140 valence electrons. The number of hydrogen-bond acceptors (Lipinski definition) is 5. The van der Waals surface area contributed by atoms with E-state index in [1.807, 2.05) is 18.2 Å². The Kier molecular flexibility index (Phi) is 6.56. The largest absolute Gasteiger partial charge is 0.369 e. The Labute approximate surface area is 160 Å². The van der Waals surface area contributed by atoms with Crippen LogP contribution in [0.15, 0.2) is 58.5 Å². The molecule has 1 atom stereocenters. The number of nitrogens with zero attached hydrogens (tertiary/aromatic N) is 2. The van der Waals surface area contributed by atoms with Crippen LogP contribution in [0.5, 0.6) is 0 Å². The van der Waals surface area contributed by atoms with Crippen molar-refractivity contribution in [2.45, 2.75) is 41.2 Å². The maximum absolute atomic E-state index is 12.6. The van der Waals surface area contributed by atoms with Crippen molar-refractivity contribution in [3.8, 4) is 0 Å². The summed E-state index contributed by atoms with van der Waals surface area (Å²) >= 11 is 1.80. The van der Waals surface area contributed by atoms with Gasteiger partial charge in [-0.3, -0.25) is 0 Å². The van der Waals surface area contributed by atoms with E-state index in [1.165, 1.54) is 11.1 Å². The molecule has 0 aliphatic carbocycles. The number of benzene rings is 1. The Bertz CT molecular complexity index is 789. The average Bonchev–Trinajstić information content (AvgIpc) is 2.68. The molecule has 0 spiro atoms. The van der Waals surface area contributed by atoms with Crippen molar-refractivity contribution in [1.82, 2.24) is 9.29 Å². The zero-order valence-electron chi connectivity index (χ0n) is 15.0. The molecule has 7 heteroatoms. The van der Waals surface area contributed by atoms with Crippen molar-refractivity contribution in [3.63, 3.8) is 0 Å². The smallest absolute Gasteiger partial charge is 0.244 e. The topological polar surface area (TPSA) is 62.3 Å². The first-order chi connectivity index (χ1) is 12.6. The van der Waals surface area contributed by atoms with Gasteiger partial charge < -0.3 is 5.32 Å². The van der Waals surface area contributed by atoms with Gasteiger partial charge in [0.1, 0.15) is 10.7 Å². The highest BCUT2D eigenvalue weighted by molar-refractivity contribution is 8.00. The molecule has 3 rings (SSSR count). The number of hydrogen-bond donors (Lipinski definition) is 1. The number of anilines is 1. The molecular formula is C19H25N3O2S2. The lowest BCUT2D eigenvalue weighted by Crippen LogP contribution is -2.35. The lowest BCUT2D eigenvalue weighted by atomic mass is 10.2. The van der Waals surface area contributed by atoms with Crippen molar-refractivity contribution in [3.05, 3.63) is 48.7 Å². The summed E-state index contributed by atoms with van der Waals surface area (Å²) < 4.78 is 26.8. The SMILES string of the molecule is CC(CNc1ccc(S(=O)(=O)N2CCCCC2)cn1)Sc1ccccc1. The van der Waals surface area contributed by atoms with Crippen LogP contribution in [-0.2, 0) is 10.0 Å². The number of piperidine rings is 1.